The Bertz CT molecular complexity index is 410. The first-order valence-corrected chi connectivity index (χ1v) is 4.71. The molecule has 72 valence electrons. The van der Waals surface area contributed by atoms with E-state index >= 15 is 0 Å². The number of fused-ring (bicyclic) bond motifs is 1. The first-order valence-electron chi connectivity index (χ1n) is 4.71. The van der Waals surface area contributed by atoms with Crippen LogP contribution in [0, 0.1) is 0 Å². The van der Waals surface area contributed by atoms with E-state index < -0.39 is 11.7 Å². The van der Waals surface area contributed by atoms with E-state index in [9.17, 15) is 9.59 Å². The number of amides is 1. The maximum absolute atomic E-state index is 11.5. The van der Waals surface area contributed by atoms with Crippen molar-refractivity contribution in [3.63, 3.8) is 0 Å². The zero-order chi connectivity index (χ0) is 10.1. The monoisotopic (exact) mass is 189 g/mol. The van der Waals surface area contributed by atoms with Crippen molar-refractivity contribution in [3.05, 3.63) is 29.3 Å². The van der Waals surface area contributed by atoms with Crippen LogP contribution in [0.4, 0.5) is 5.69 Å². The summed E-state index contributed by atoms with van der Waals surface area (Å²) in [6.07, 6.45) is 1.81. The van der Waals surface area contributed by atoms with Gasteiger partial charge in [-0.3, -0.25) is 9.59 Å². The van der Waals surface area contributed by atoms with Crippen molar-refractivity contribution >= 4 is 17.4 Å². The van der Waals surface area contributed by atoms with Crippen LogP contribution in [0.3, 0.4) is 0 Å². The van der Waals surface area contributed by atoms with E-state index in [1.165, 1.54) is 0 Å². The summed E-state index contributed by atoms with van der Waals surface area (Å²) in [5.74, 6) is -0.910. The van der Waals surface area contributed by atoms with Crippen LogP contribution in [0.25, 0.3) is 0 Å². The second-order valence-corrected chi connectivity index (χ2v) is 3.37. The Hall–Kier alpha value is -1.64. The van der Waals surface area contributed by atoms with E-state index in [1.54, 1.807) is 6.07 Å². The molecule has 0 aromatic heterocycles. The maximum atomic E-state index is 11.5. The van der Waals surface area contributed by atoms with Gasteiger partial charge in [-0.15, -0.1) is 0 Å². The molecule has 0 spiro atoms. The molecule has 3 heteroatoms. The molecule has 0 saturated carbocycles. The minimum absolute atomic E-state index is 0.399. The number of anilines is 1. The lowest BCUT2D eigenvalue weighted by atomic mass is 10.0. The van der Waals surface area contributed by atoms with Crippen molar-refractivity contribution in [3.8, 4) is 0 Å². The van der Waals surface area contributed by atoms with Gasteiger partial charge in [0.25, 0.3) is 11.7 Å². The van der Waals surface area contributed by atoms with Gasteiger partial charge >= 0.3 is 0 Å². The Labute approximate surface area is 82.1 Å². The highest BCUT2D eigenvalue weighted by Gasteiger charge is 2.29. The molecular formula is C11H11NO2. The number of Topliss-reactive ketones (excluding diaryl/α,β-unsaturated/α-hetero) is 1. The van der Waals surface area contributed by atoms with Gasteiger partial charge in [0.2, 0.25) is 0 Å². The Morgan fingerprint density at radius 2 is 2.07 bits per heavy atom. The largest absolute Gasteiger partial charge is 0.318 e. The number of aryl methyl sites for hydroxylation is 1. The second-order valence-electron chi connectivity index (χ2n) is 3.37. The van der Waals surface area contributed by atoms with Crippen LogP contribution in [-0.2, 0) is 11.2 Å². The van der Waals surface area contributed by atoms with Crippen molar-refractivity contribution in [1.29, 1.82) is 0 Å². The van der Waals surface area contributed by atoms with E-state index in [-0.39, 0.29) is 0 Å². The molecule has 1 aromatic carbocycles. The van der Waals surface area contributed by atoms with Gasteiger partial charge in [0.1, 0.15) is 0 Å². The summed E-state index contributed by atoms with van der Waals surface area (Å²) in [7, 11) is 0. The Balaban J connectivity index is 2.52. The molecule has 0 unspecified atom stereocenters. The maximum Gasteiger partial charge on any atom is 0.296 e. The summed E-state index contributed by atoms with van der Waals surface area (Å²) in [6, 6.07) is 5.53. The third kappa shape index (κ3) is 1.21. The van der Waals surface area contributed by atoms with Crippen molar-refractivity contribution < 1.29 is 9.59 Å². The van der Waals surface area contributed by atoms with Crippen molar-refractivity contribution in [2.45, 2.75) is 19.8 Å². The zero-order valence-corrected chi connectivity index (χ0v) is 7.96. The van der Waals surface area contributed by atoms with Gasteiger partial charge in [-0.25, -0.2) is 0 Å². The molecule has 0 radical (unpaired) electrons. The summed E-state index contributed by atoms with van der Waals surface area (Å²) in [5, 5.41) is 2.56. The van der Waals surface area contributed by atoms with Crippen molar-refractivity contribution in [1.82, 2.24) is 0 Å². The lowest BCUT2D eigenvalue weighted by molar-refractivity contribution is -0.112. The van der Waals surface area contributed by atoms with Gasteiger partial charge in [-0.1, -0.05) is 25.5 Å². The molecule has 1 aromatic rings. The van der Waals surface area contributed by atoms with E-state index in [4.69, 9.17) is 0 Å². The van der Waals surface area contributed by atoms with Crippen molar-refractivity contribution in [2.24, 2.45) is 0 Å². The predicted octanol–water partition coefficient (Wildman–Crippen LogP) is 1.77. The smallest absolute Gasteiger partial charge is 0.296 e. The molecule has 1 aliphatic rings. The molecule has 0 aliphatic carbocycles. The van der Waals surface area contributed by atoms with Crippen LogP contribution < -0.4 is 5.32 Å². The van der Waals surface area contributed by atoms with Crippen LogP contribution in [0.1, 0.15) is 29.3 Å². The highest BCUT2D eigenvalue weighted by Crippen LogP contribution is 2.26. The minimum Gasteiger partial charge on any atom is -0.318 e. The number of ketones is 1. The molecule has 1 heterocycles. The summed E-state index contributed by atoms with van der Waals surface area (Å²) >= 11 is 0. The lowest BCUT2D eigenvalue weighted by Crippen LogP contribution is -2.13. The molecular weight excluding hydrogens is 178 g/mol. The van der Waals surface area contributed by atoms with Crippen LogP contribution in [0.15, 0.2) is 18.2 Å². The van der Waals surface area contributed by atoms with Crippen LogP contribution in [-0.4, -0.2) is 11.7 Å². The van der Waals surface area contributed by atoms with E-state index in [1.807, 2.05) is 19.1 Å². The third-order valence-corrected chi connectivity index (χ3v) is 2.35. The zero-order valence-electron chi connectivity index (χ0n) is 7.96. The highest BCUT2D eigenvalue weighted by atomic mass is 16.2. The molecule has 0 fully saturated rings. The molecule has 0 bridgehead atoms. The van der Waals surface area contributed by atoms with Crippen molar-refractivity contribution in [2.75, 3.05) is 5.32 Å². The average Bonchev–Trinajstić information content (AvgIpc) is 2.45. The fraction of sp³-hybridized carbons (Fsp3) is 0.273. The topological polar surface area (TPSA) is 46.2 Å². The Morgan fingerprint density at radius 3 is 2.79 bits per heavy atom. The fourth-order valence-corrected chi connectivity index (χ4v) is 1.74. The predicted molar refractivity (Wildman–Crippen MR) is 53.4 cm³/mol. The van der Waals surface area contributed by atoms with Gasteiger partial charge in [0.05, 0.1) is 11.3 Å². The third-order valence-electron chi connectivity index (χ3n) is 2.35. The Morgan fingerprint density at radius 1 is 1.29 bits per heavy atom. The molecule has 2 rings (SSSR count). The van der Waals surface area contributed by atoms with Crippen LogP contribution in [0.2, 0.25) is 0 Å². The number of hydrogen-bond donors (Lipinski definition) is 1. The molecule has 0 saturated heterocycles. The summed E-state index contributed by atoms with van der Waals surface area (Å²) in [4.78, 5) is 22.6. The summed E-state index contributed by atoms with van der Waals surface area (Å²) in [5.41, 5.74) is 2.19. The highest BCUT2D eigenvalue weighted by molar-refractivity contribution is 6.52. The van der Waals surface area contributed by atoms with Gasteiger partial charge in [-0.05, 0) is 18.1 Å². The normalized spacial score (nSPS) is 14.1. The number of benzene rings is 1. The molecule has 0 atom stereocenters. The number of carbonyl (C=O) groups is 2. The SMILES string of the molecule is CCCc1cccc2c1C(=O)C(=O)N2. The van der Waals surface area contributed by atoms with E-state index in [0.29, 0.717) is 11.3 Å². The van der Waals surface area contributed by atoms with Gasteiger partial charge in [0.15, 0.2) is 0 Å². The molecule has 14 heavy (non-hydrogen) atoms. The summed E-state index contributed by atoms with van der Waals surface area (Å²) < 4.78 is 0. The van der Waals surface area contributed by atoms with Gasteiger partial charge in [-0.2, -0.15) is 0 Å². The van der Waals surface area contributed by atoms with Crippen LogP contribution in [0.5, 0.6) is 0 Å². The fourth-order valence-electron chi connectivity index (χ4n) is 1.74. The van der Waals surface area contributed by atoms with E-state index in [0.717, 1.165) is 18.4 Å². The number of hydrogen-bond acceptors (Lipinski definition) is 2. The summed E-state index contributed by atoms with van der Waals surface area (Å²) in [6.45, 7) is 2.05. The molecule has 1 N–H and O–H groups in total. The Kier molecular flexibility index (Phi) is 2.08. The standard InChI is InChI=1S/C11H11NO2/c1-2-4-7-5-3-6-8-9(7)10(13)11(14)12-8/h3,5-6H,2,4H2,1H3,(H,12,13,14). The van der Waals surface area contributed by atoms with Crippen LogP contribution >= 0.6 is 0 Å². The van der Waals surface area contributed by atoms with Gasteiger partial charge in [0, 0.05) is 0 Å². The minimum atomic E-state index is -0.511. The molecule has 1 aliphatic heterocycles. The van der Waals surface area contributed by atoms with Gasteiger partial charge < -0.3 is 5.32 Å². The first-order chi connectivity index (χ1) is 6.74. The molecule has 1 amide bonds. The lowest BCUT2D eigenvalue weighted by Gasteiger charge is -2.03. The quantitative estimate of drug-likeness (QED) is 0.721. The second kappa shape index (κ2) is 3.25. The number of carbonyl (C=O) groups excluding carboxylic acids is 2. The number of nitrogens with one attached hydrogen (secondary N) is 1. The van der Waals surface area contributed by atoms with E-state index in [2.05, 4.69) is 5.32 Å². The first kappa shape index (κ1) is 8.94. The average molecular weight is 189 g/mol. The molecule has 3 nitrogen and oxygen atoms in total. The number of rotatable bonds is 2.